The van der Waals surface area contributed by atoms with E-state index in [-0.39, 0.29) is 17.9 Å². The third-order valence-electron chi connectivity index (χ3n) is 5.54. The van der Waals surface area contributed by atoms with E-state index in [9.17, 15) is 9.59 Å². The fourth-order valence-electron chi connectivity index (χ4n) is 3.93. The van der Waals surface area contributed by atoms with Crippen LogP contribution in [0.4, 0.5) is 10.5 Å². The van der Waals surface area contributed by atoms with Crippen molar-refractivity contribution in [3.63, 3.8) is 0 Å². The van der Waals surface area contributed by atoms with Crippen LogP contribution in [0, 0.1) is 11.8 Å². The zero-order valence-electron chi connectivity index (χ0n) is 15.0. The van der Waals surface area contributed by atoms with Gasteiger partial charge < -0.3 is 15.5 Å². The van der Waals surface area contributed by atoms with Crippen LogP contribution >= 0.6 is 0 Å². The smallest absolute Gasteiger partial charge is 0.321 e. The van der Waals surface area contributed by atoms with Crippen molar-refractivity contribution in [2.75, 3.05) is 18.4 Å². The minimum Gasteiger partial charge on any atom is -0.353 e. The third-order valence-corrected chi connectivity index (χ3v) is 5.54. The van der Waals surface area contributed by atoms with Crippen LogP contribution in [0.5, 0.6) is 0 Å². The van der Waals surface area contributed by atoms with Crippen molar-refractivity contribution in [2.24, 2.45) is 11.8 Å². The molecular weight excluding hydrogens is 314 g/mol. The number of carbonyl (C=O) groups is 2. The Morgan fingerprint density at radius 1 is 1.04 bits per heavy atom. The standard InChI is InChI=1S/C20H29N3O2/c1-15-8-5-6-12-18(15)22-19(24)16-9-7-13-23(14-16)20(25)21-17-10-3-2-4-11-17/h2-4,10-11,15-16,18H,5-9,12-14H2,1H3,(H,21,25)(H,22,24)/t15-,16-,18-/m1/s1. The second kappa shape index (κ2) is 8.37. The zero-order chi connectivity index (χ0) is 17.6. The summed E-state index contributed by atoms with van der Waals surface area (Å²) in [5, 5.41) is 6.17. The molecule has 2 fully saturated rings. The Labute approximate surface area is 150 Å². The Balaban J connectivity index is 1.53. The maximum absolute atomic E-state index is 12.7. The van der Waals surface area contributed by atoms with Gasteiger partial charge in [-0.15, -0.1) is 0 Å². The van der Waals surface area contributed by atoms with Gasteiger partial charge in [0.05, 0.1) is 5.92 Å². The number of carbonyl (C=O) groups excluding carboxylic acids is 2. The number of nitrogens with one attached hydrogen (secondary N) is 2. The Bertz CT molecular complexity index is 590. The van der Waals surface area contributed by atoms with Crippen LogP contribution in [0.15, 0.2) is 30.3 Å². The summed E-state index contributed by atoms with van der Waals surface area (Å²) in [5.41, 5.74) is 0.787. The number of para-hydroxylation sites is 1. The molecule has 1 aromatic carbocycles. The zero-order valence-corrected chi connectivity index (χ0v) is 15.0. The maximum Gasteiger partial charge on any atom is 0.321 e. The van der Waals surface area contributed by atoms with Gasteiger partial charge in [0.2, 0.25) is 5.91 Å². The van der Waals surface area contributed by atoms with E-state index in [0.29, 0.717) is 25.0 Å². The molecule has 2 N–H and O–H groups in total. The second-order valence-electron chi connectivity index (χ2n) is 7.46. The normalized spacial score (nSPS) is 26.8. The molecule has 3 amide bonds. The molecule has 1 saturated heterocycles. The van der Waals surface area contributed by atoms with Gasteiger partial charge >= 0.3 is 6.03 Å². The summed E-state index contributed by atoms with van der Waals surface area (Å²) in [6, 6.07) is 9.64. The highest BCUT2D eigenvalue weighted by atomic mass is 16.2. The molecule has 25 heavy (non-hydrogen) atoms. The third kappa shape index (κ3) is 4.74. The topological polar surface area (TPSA) is 61.4 Å². The van der Waals surface area contributed by atoms with Gasteiger partial charge in [0.1, 0.15) is 0 Å². The number of likely N-dealkylation sites (tertiary alicyclic amines) is 1. The Morgan fingerprint density at radius 3 is 2.56 bits per heavy atom. The van der Waals surface area contributed by atoms with E-state index < -0.39 is 0 Å². The molecule has 0 aromatic heterocycles. The molecule has 3 atom stereocenters. The summed E-state index contributed by atoms with van der Waals surface area (Å²) in [4.78, 5) is 26.9. The van der Waals surface area contributed by atoms with E-state index in [2.05, 4.69) is 17.6 Å². The number of nitrogens with zero attached hydrogens (tertiary/aromatic N) is 1. The van der Waals surface area contributed by atoms with Crippen molar-refractivity contribution < 1.29 is 9.59 Å². The molecule has 136 valence electrons. The highest BCUT2D eigenvalue weighted by Crippen LogP contribution is 2.25. The Hall–Kier alpha value is -2.04. The predicted molar refractivity (Wildman–Crippen MR) is 99.3 cm³/mol. The van der Waals surface area contributed by atoms with Gasteiger partial charge in [0, 0.05) is 24.8 Å². The van der Waals surface area contributed by atoms with Crippen molar-refractivity contribution in [1.82, 2.24) is 10.2 Å². The van der Waals surface area contributed by atoms with Gasteiger partial charge in [-0.2, -0.15) is 0 Å². The summed E-state index contributed by atoms with van der Waals surface area (Å²) >= 11 is 0. The molecule has 5 nitrogen and oxygen atoms in total. The minimum atomic E-state index is -0.116. The predicted octanol–water partition coefficient (Wildman–Crippen LogP) is 3.63. The second-order valence-corrected chi connectivity index (χ2v) is 7.46. The Kier molecular flexibility index (Phi) is 5.95. The first-order chi connectivity index (χ1) is 12.1. The quantitative estimate of drug-likeness (QED) is 0.880. The SMILES string of the molecule is C[C@@H]1CCCC[C@H]1NC(=O)[C@@H]1CCCN(C(=O)Nc2ccccc2)C1. The lowest BCUT2D eigenvalue weighted by molar-refractivity contribution is -0.127. The van der Waals surface area contributed by atoms with Gasteiger partial charge in [-0.05, 0) is 43.7 Å². The van der Waals surface area contributed by atoms with Crippen molar-refractivity contribution >= 4 is 17.6 Å². The molecule has 3 rings (SSSR count). The summed E-state index contributed by atoms with van der Waals surface area (Å²) in [6.07, 6.45) is 6.48. The molecule has 1 aliphatic carbocycles. The molecule has 5 heteroatoms. The molecule has 1 heterocycles. The summed E-state index contributed by atoms with van der Waals surface area (Å²) in [6.45, 7) is 3.44. The molecule has 0 spiro atoms. The highest BCUT2D eigenvalue weighted by molar-refractivity contribution is 5.90. The fourth-order valence-corrected chi connectivity index (χ4v) is 3.93. The van der Waals surface area contributed by atoms with E-state index in [4.69, 9.17) is 0 Å². The number of anilines is 1. The lowest BCUT2D eigenvalue weighted by Gasteiger charge is -2.35. The van der Waals surface area contributed by atoms with Gasteiger partial charge in [-0.3, -0.25) is 4.79 Å². The van der Waals surface area contributed by atoms with E-state index >= 15 is 0 Å². The van der Waals surface area contributed by atoms with Crippen molar-refractivity contribution in [2.45, 2.75) is 51.5 Å². The number of hydrogen-bond acceptors (Lipinski definition) is 2. The number of hydrogen-bond donors (Lipinski definition) is 2. The molecule has 1 aliphatic heterocycles. The van der Waals surface area contributed by atoms with Crippen LogP contribution in [0.25, 0.3) is 0 Å². The van der Waals surface area contributed by atoms with Gasteiger partial charge in [-0.1, -0.05) is 38.0 Å². The molecule has 0 bridgehead atoms. The van der Waals surface area contributed by atoms with E-state index in [1.165, 1.54) is 19.3 Å². The van der Waals surface area contributed by atoms with E-state index in [0.717, 1.165) is 24.9 Å². The Morgan fingerprint density at radius 2 is 1.80 bits per heavy atom. The molecule has 0 unspecified atom stereocenters. The number of rotatable bonds is 3. The number of piperidine rings is 1. The fraction of sp³-hybridized carbons (Fsp3) is 0.600. The lowest BCUT2D eigenvalue weighted by Crippen LogP contribution is -2.50. The van der Waals surface area contributed by atoms with Crippen molar-refractivity contribution in [3.8, 4) is 0 Å². The van der Waals surface area contributed by atoms with E-state index in [1.54, 1.807) is 4.90 Å². The van der Waals surface area contributed by atoms with Crippen LogP contribution in [0.1, 0.15) is 45.4 Å². The first kappa shape index (κ1) is 17.8. The van der Waals surface area contributed by atoms with Crippen molar-refractivity contribution in [3.05, 3.63) is 30.3 Å². The lowest BCUT2D eigenvalue weighted by atomic mass is 9.85. The van der Waals surface area contributed by atoms with Crippen molar-refractivity contribution in [1.29, 1.82) is 0 Å². The van der Waals surface area contributed by atoms with Gasteiger partial charge in [-0.25, -0.2) is 4.79 Å². The van der Waals surface area contributed by atoms with Crippen LogP contribution < -0.4 is 10.6 Å². The largest absolute Gasteiger partial charge is 0.353 e. The average molecular weight is 343 g/mol. The maximum atomic E-state index is 12.7. The molecule has 1 aromatic rings. The first-order valence-corrected chi connectivity index (χ1v) is 9.55. The van der Waals surface area contributed by atoms with Gasteiger partial charge in [0.25, 0.3) is 0 Å². The highest BCUT2D eigenvalue weighted by Gasteiger charge is 2.31. The number of amides is 3. The molecular formula is C20H29N3O2. The number of urea groups is 1. The average Bonchev–Trinajstić information content (AvgIpc) is 2.64. The van der Waals surface area contributed by atoms with Crippen LogP contribution in [0.2, 0.25) is 0 Å². The summed E-state index contributed by atoms with van der Waals surface area (Å²) in [5.74, 6) is 0.583. The van der Waals surface area contributed by atoms with Crippen LogP contribution in [-0.2, 0) is 4.79 Å². The van der Waals surface area contributed by atoms with Crippen LogP contribution in [0.3, 0.4) is 0 Å². The van der Waals surface area contributed by atoms with Crippen LogP contribution in [-0.4, -0.2) is 36.0 Å². The molecule has 1 saturated carbocycles. The minimum absolute atomic E-state index is 0.0931. The number of benzene rings is 1. The molecule has 0 radical (unpaired) electrons. The summed E-state index contributed by atoms with van der Waals surface area (Å²) in [7, 11) is 0. The molecule has 2 aliphatic rings. The van der Waals surface area contributed by atoms with E-state index in [1.807, 2.05) is 30.3 Å². The monoisotopic (exact) mass is 343 g/mol. The summed E-state index contributed by atoms with van der Waals surface area (Å²) < 4.78 is 0. The first-order valence-electron chi connectivity index (χ1n) is 9.55. The van der Waals surface area contributed by atoms with Gasteiger partial charge in [0.15, 0.2) is 0 Å².